The molecule has 0 radical (unpaired) electrons. The van der Waals surface area contributed by atoms with Gasteiger partial charge in [-0.3, -0.25) is 4.79 Å². The van der Waals surface area contributed by atoms with Crippen LogP contribution in [0.3, 0.4) is 0 Å². The molecule has 0 unspecified atom stereocenters. The summed E-state index contributed by atoms with van der Waals surface area (Å²) in [6.07, 6.45) is 0.978. The molecular formula is C21H17N3O. The van der Waals surface area contributed by atoms with E-state index < -0.39 is 0 Å². The van der Waals surface area contributed by atoms with Crippen LogP contribution in [-0.4, -0.2) is 15.9 Å². The Bertz CT molecular complexity index is 1070. The first-order valence-electron chi connectivity index (χ1n) is 8.30. The van der Waals surface area contributed by atoms with Crippen molar-refractivity contribution >= 4 is 33.7 Å². The van der Waals surface area contributed by atoms with E-state index in [2.05, 4.69) is 22.2 Å². The van der Waals surface area contributed by atoms with Gasteiger partial charge in [-0.15, -0.1) is 0 Å². The molecule has 4 rings (SSSR count). The summed E-state index contributed by atoms with van der Waals surface area (Å²) in [7, 11) is 0. The number of nitrogens with one attached hydrogen (secondary N) is 1. The van der Waals surface area contributed by atoms with Gasteiger partial charge in [-0.05, 0) is 54.4 Å². The van der Waals surface area contributed by atoms with E-state index >= 15 is 0 Å². The van der Waals surface area contributed by atoms with Crippen LogP contribution in [0.1, 0.15) is 22.8 Å². The number of benzene rings is 3. The number of aryl methyl sites for hydroxylation is 1. The Labute approximate surface area is 145 Å². The average molecular weight is 327 g/mol. The number of aromatic nitrogens is 2. The lowest BCUT2D eigenvalue weighted by molar-refractivity contribution is 0.102. The number of anilines is 1. The van der Waals surface area contributed by atoms with Crippen LogP contribution in [0.2, 0.25) is 0 Å². The zero-order valence-corrected chi connectivity index (χ0v) is 13.9. The van der Waals surface area contributed by atoms with Crippen LogP contribution in [-0.2, 0) is 6.42 Å². The molecule has 4 nitrogen and oxygen atoms in total. The highest BCUT2D eigenvalue weighted by molar-refractivity contribution is 6.06. The molecule has 0 bridgehead atoms. The van der Waals surface area contributed by atoms with Gasteiger partial charge in [-0.1, -0.05) is 31.2 Å². The molecule has 0 fully saturated rings. The molecule has 0 aliphatic carbocycles. The van der Waals surface area contributed by atoms with Crippen molar-refractivity contribution in [3.63, 3.8) is 0 Å². The van der Waals surface area contributed by atoms with Gasteiger partial charge in [-0.25, -0.2) is 9.97 Å². The summed E-state index contributed by atoms with van der Waals surface area (Å²) in [6.45, 7) is 2.10. The topological polar surface area (TPSA) is 54.9 Å². The molecule has 0 aliphatic rings. The zero-order chi connectivity index (χ0) is 17.2. The number of carbonyl (C=O) groups is 1. The predicted molar refractivity (Wildman–Crippen MR) is 101 cm³/mol. The molecule has 0 spiro atoms. The van der Waals surface area contributed by atoms with Crippen LogP contribution in [0.5, 0.6) is 0 Å². The van der Waals surface area contributed by atoms with Gasteiger partial charge in [0.25, 0.3) is 5.91 Å². The van der Waals surface area contributed by atoms with E-state index in [4.69, 9.17) is 0 Å². The van der Waals surface area contributed by atoms with Gasteiger partial charge in [0.05, 0.1) is 22.1 Å². The number of amides is 1. The molecule has 0 saturated heterocycles. The van der Waals surface area contributed by atoms with E-state index in [1.165, 1.54) is 5.56 Å². The van der Waals surface area contributed by atoms with Crippen LogP contribution in [0.25, 0.3) is 22.1 Å². The van der Waals surface area contributed by atoms with Crippen molar-refractivity contribution in [2.75, 3.05) is 5.32 Å². The molecule has 0 atom stereocenters. The van der Waals surface area contributed by atoms with E-state index in [-0.39, 0.29) is 5.91 Å². The molecule has 3 aromatic carbocycles. The van der Waals surface area contributed by atoms with Crippen molar-refractivity contribution in [2.24, 2.45) is 0 Å². The zero-order valence-electron chi connectivity index (χ0n) is 13.9. The number of nitrogens with zero attached hydrogens (tertiary/aromatic N) is 2. The smallest absolute Gasteiger partial charge is 0.255 e. The minimum Gasteiger partial charge on any atom is -0.322 e. The second kappa shape index (κ2) is 6.32. The molecule has 1 aromatic heterocycles. The van der Waals surface area contributed by atoms with Crippen molar-refractivity contribution < 1.29 is 4.79 Å². The van der Waals surface area contributed by atoms with E-state index in [0.29, 0.717) is 11.1 Å². The number of hydrogen-bond donors (Lipinski definition) is 1. The molecule has 1 amide bonds. The highest BCUT2D eigenvalue weighted by Gasteiger charge is 2.09. The normalized spacial score (nSPS) is 10.9. The maximum Gasteiger partial charge on any atom is 0.255 e. The van der Waals surface area contributed by atoms with E-state index in [0.717, 1.165) is 28.7 Å². The van der Waals surface area contributed by atoms with Crippen molar-refractivity contribution in [1.29, 1.82) is 0 Å². The number of para-hydroxylation sites is 2. The molecule has 4 aromatic rings. The first kappa shape index (κ1) is 15.3. The van der Waals surface area contributed by atoms with Gasteiger partial charge >= 0.3 is 0 Å². The third-order valence-electron chi connectivity index (χ3n) is 4.22. The Morgan fingerprint density at radius 2 is 1.48 bits per heavy atom. The summed E-state index contributed by atoms with van der Waals surface area (Å²) in [6, 6.07) is 21.0. The lowest BCUT2D eigenvalue weighted by Gasteiger charge is -2.07. The fourth-order valence-electron chi connectivity index (χ4n) is 2.79. The number of fused-ring (bicyclic) bond motifs is 2. The third kappa shape index (κ3) is 3.06. The van der Waals surface area contributed by atoms with Crippen molar-refractivity contribution in [2.45, 2.75) is 13.3 Å². The molecule has 1 heterocycles. The van der Waals surface area contributed by atoms with Gasteiger partial charge in [0, 0.05) is 11.3 Å². The van der Waals surface area contributed by atoms with Crippen LogP contribution >= 0.6 is 0 Å². The first-order valence-corrected chi connectivity index (χ1v) is 8.30. The van der Waals surface area contributed by atoms with E-state index in [1.54, 1.807) is 12.1 Å². The van der Waals surface area contributed by atoms with Crippen LogP contribution in [0, 0.1) is 0 Å². The monoisotopic (exact) mass is 327 g/mol. The second-order valence-electron chi connectivity index (χ2n) is 5.92. The molecule has 1 N–H and O–H groups in total. The fourth-order valence-corrected chi connectivity index (χ4v) is 2.79. The summed E-state index contributed by atoms with van der Waals surface area (Å²) < 4.78 is 0. The van der Waals surface area contributed by atoms with Gasteiger partial charge in [0.15, 0.2) is 0 Å². The standard InChI is InChI=1S/C21H17N3O/c1-2-14-7-10-16(11-8-14)22-21(25)15-9-12-19-20(13-15)24-18-6-4-3-5-17(18)23-19/h3-13H,2H2,1H3,(H,22,25). The summed E-state index contributed by atoms with van der Waals surface area (Å²) in [5.74, 6) is -0.152. The molecular weight excluding hydrogens is 310 g/mol. The van der Waals surface area contributed by atoms with E-state index in [1.807, 2.05) is 54.6 Å². The maximum atomic E-state index is 12.5. The number of hydrogen-bond acceptors (Lipinski definition) is 3. The molecule has 0 saturated carbocycles. The van der Waals surface area contributed by atoms with Gasteiger partial charge in [0.2, 0.25) is 0 Å². The Morgan fingerprint density at radius 3 is 2.16 bits per heavy atom. The lowest BCUT2D eigenvalue weighted by Crippen LogP contribution is -2.11. The van der Waals surface area contributed by atoms with Crippen LogP contribution in [0.15, 0.2) is 66.7 Å². The second-order valence-corrected chi connectivity index (χ2v) is 5.92. The van der Waals surface area contributed by atoms with Crippen LogP contribution in [0.4, 0.5) is 5.69 Å². The lowest BCUT2D eigenvalue weighted by atomic mass is 10.1. The van der Waals surface area contributed by atoms with Gasteiger partial charge < -0.3 is 5.32 Å². The predicted octanol–water partition coefficient (Wildman–Crippen LogP) is 4.60. The Hall–Kier alpha value is -3.27. The first-order chi connectivity index (χ1) is 12.2. The summed E-state index contributed by atoms with van der Waals surface area (Å²) in [5.41, 5.74) is 5.76. The fraction of sp³-hybridized carbons (Fsp3) is 0.0952. The SMILES string of the molecule is CCc1ccc(NC(=O)c2ccc3nc4ccccc4nc3c2)cc1. The Balaban J connectivity index is 1.65. The van der Waals surface area contributed by atoms with Crippen molar-refractivity contribution in [1.82, 2.24) is 9.97 Å². The molecule has 25 heavy (non-hydrogen) atoms. The molecule has 122 valence electrons. The molecule has 4 heteroatoms. The largest absolute Gasteiger partial charge is 0.322 e. The summed E-state index contributed by atoms with van der Waals surface area (Å²) in [4.78, 5) is 21.7. The summed E-state index contributed by atoms with van der Waals surface area (Å²) >= 11 is 0. The average Bonchev–Trinajstić information content (AvgIpc) is 2.66. The Morgan fingerprint density at radius 1 is 0.840 bits per heavy atom. The summed E-state index contributed by atoms with van der Waals surface area (Å²) in [5, 5.41) is 2.92. The maximum absolute atomic E-state index is 12.5. The number of carbonyl (C=O) groups excluding carboxylic acids is 1. The Kier molecular flexibility index (Phi) is 3.86. The minimum atomic E-state index is -0.152. The van der Waals surface area contributed by atoms with E-state index in [9.17, 15) is 4.79 Å². The number of rotatable bonds is 3. The van der Waals surface area contributed by atoms with Gasteiger partial charge in [0.1, 0.15) is 0 Å². The third-order valence-corrected chi connectivity index (χ3v) is 4.22. The van der Waals surface area contributed by atoms with Gasteiger partial charge in [-0.2, -0.15) is 0 Å². The van der Waals surface area contributed by atoms with Crippen LogP contribution < -0.4 is 5.32 Å². The molecule has 0 aliphatic heterocycles. The highest BCUT2D eigenvalue weighted by atomic mass is 16.1. The highest BCUT2D eigenvalue weighted by Crippen LogP contribution is 2.18. The van der Waals surface area contributed by atoms with Crippen molar-refractivity contribution in [3.8, 4) is 0 Å². The quantitative estimate of drug-likeness (QED) is 0.560. The van der Waals surface area contributed by atoms with Crippen molar-refractivity contribution in [3.05, 3.63) is 77.9 Å². The minimum absolute atomic E-state index is 0.152.